The van der Waals surface area contributed by atoms with Gasteiger partial charge in [-0.15, -0.1) is 0 Å². The van der Waals surface area contributed by atoms with Crippen molar-refractivity contribution in [1.82, 2.24) is 0 Å². The van der Waals surface area contributed by atoms with E-state index in [9.17, 15) is 9.18 Å². The third-order valence-corrected chi connectivity index (χ3v) is 3.33. The third-order valence-electron chi connectivity index (χ3n) is 3.33. The molecule has 0 fully saturated rings. The van der Waals surface area contributed by atoms with Gasteiger partial charge in [0, 0.05) is 11.8 Å². The second-order valence-corrected chi connectivity index (χ2v) is 4.99. The van der Waals surface area contributed by atoms with Crippen LogP contribution in [0.1, 0.15) is 12.5 Å². The number of halogens is 1. The van der Waals surface area contributed by atoms with E-state index in [0.717, 1.165) is 5.56 Å². The summed E-state index contributed by atoms with van der Waals surface area (Å²) < 4.78 is 29.3. The lowest BCUT2D eigenvalue weighted by atomic mass is 10.1. The zero-order chi connectivity index (χ0) is 17.5. The molecule has 0 aromatic heterocycles. The second-order valence-electron chi connectivity index (χ2n) is 4.99. The fourth-order valence-corrected chi connectivity index (χ4v) is 2.23. The van der Waals surface area contributed by atoms with Crippen LogP contribution in [0.5, 0.6) is 17.2 Å². The van der Waals surface area contributed by atoms with Crippen molar-refractivity contribution >= 4 is 11.6 Å². The van der Waals surface area contributed by atoms with Gasteiger partial charge in [-0.25, -0.2) is 4.39 Å². The summed E-state index contributed by atoms with van der Waals surface area (Å²) in [5, 5.41) is 2.66. The molecule has 0 saturated carbocycles. The largest absolute Gasteiger partial charge is 0.493 e. The summed E-state index contributed by atoms with van der Waals surface area (Å²) in [5.41, 5.74) is 1.14. The Balaban J connectivity index is 2.04. The topological polar surface area (TPSA) is 56.8 Å². The Hall–Kier alpha value is -2.76. The van der Waals surface area contributed by atoms with E-state index in [0.29, 0.717) is 23.8 Å². The quantitative estimate of drug-likeness (QED) is 0.843. The van der Waals surface area contributed by atoms with Crippen LogP contribution in [0.15, 0.2) is 36.4 Å². The molecule has 0 aliphatic rings. The van der Waals surface area contributed by atoms with Crippen LogP contribution in [-0.4, -0.2) is 26.7 Å². The van der Waals surface area contributed by atoms with Crippen molar-refractivity contribution in [2.45, 2.75) is 13.3 Å². The molecule has 0 radical (unpaired) electrons. The van der Waals surface area contributed by atoms with Crippen LogP contribution in [-0.2, 0) is 11.2 Å². The fraction of sp³-hybridized carbons (Fsp3) is 0.278. The number of anilines is 1. The van der Waals surface area contributed by atoms with Gasteiger partial charge in [0.2, 0.25) is 5.91 Å². The summed E-state index contributed by atoms with van der Waals surface area (Å²) >= 11 is 0. The summed E-state index contributed by atoms with van der Waals surface area (Å²) in [7, 11) is 3.08. The minimum atomic E-state index is -0.513. The van der Waals surface area contributed by atoms with E-state index in [1.165, 1.54) is 19.2 Å². The van der Waals surface area contributed by atoms with Gasteiger partial charge >= 0.3 is 0 Å². The molecule has 0 saturated heterocycles. The second kappa shape index (κ2) is 8.19. The number of carbonyl (C=O) groups excluding carboxylic acids is 1. The Kier molecular flexibility index (Phi) is 6.01. The molecule has 1 N–H and O–H groups in total. The average Bonchev–Trinajstić information content (AvgIpc) is 2.57. The average molecular weight is 333 g/mol. The summed E-state index contributed by atoms with van der Waals surface area (Å²) in [6.45, 7) is 2.15. The molecule has 0 bridgehead atoms. The van der Waals surface area contributed by atoms with Gasteiger partial charge in [-0.3, -0.25) is 4.79 Å². The lowest BCUT2D eigenvalue weighted by Gasteiger charge is -2.10. The van der Waals surface area contributed by atoms with Crippen LogP contribution in [0.25, 0.3) is 0 Å². The fourth-order valence-electron chi connectivity index (χ4n) is 2.23. The van der Waals surface area contributed by atoms with E-state index in [-0.39, 0.29) is 18.1 Å². The number of hydrogen-bond donors (Lipinski definition) is 1. The van der Waals surface area contributed by atoms with Crippen molar-refractivity contribution in [3.63, 3.8) is 0 Å². The maximum atomic E-state index is 13.8. The summed E-state index contributed by atoms with van der Waals surface area (Å²) in [6.07, 6.45) is 0.134. The first kappa shape index (κ1) is 17.6. The van der Waals surface area contributed by atoms with Crippen molar-refractivity contribution in [3.8, 4) is 17.2 Å². The van der Waals surface area contributed by atoms with Gasteiger partial charge in [0.15, 0.2) is 23.1 Å². The van der Waals surface area contributed by atoms with Crippen LogP contribution in [0.3, 0.4) is 0 Å². The zero-order valence-corrected chi connectivity index (χ0v) is 13.9. The van der Waals surface area contributed by atoms with Crippen molar-refractivity contribution in [1.29, 1.82) is 0 Å². The summed E-state index contributed by atoms with van der Waals surface area (Å²) in [6, 6.07) is 9.57. The van der Waals surface area contributed by atoms with Crippen molar-refractivity contribution in [2.24, 2.45) is 0 Å². The van der Waals surface area contributed by atoms with Crippen molar-refractivity contribution < 1.29 is 23.4 Å². The molecule has 2 aromatic carbocycles. The minimum Gasteiger partial charge on any atom is -0.493 e. The van der Waals surface area contributed by atoms with E-state index in [4.69, 9.17) is 14.2 Å². The normalized spacial score (nSPS) is 10.2. The summed E-state index contributed by atoms with van der Waals surface area (Å²) in [5.74, 6) is 0.534. The van der Waals surface area contributed by atoms with Gasteiger partial charge in [0.05, 0.1) is 27.2 Å². The van der Waals surface area contributed by atoms with Crippen molar-refractivity contribution in [2.75, 3.05) is 26.1 Å². The highest BCUT2D eigenvalue weighted by Gasteiger charge is 2.10. The van der Waals surface area contributed by atoms with Gasteiger partial charge in [0.1, 0.15) is 0 Å². The molecule has 5 nitrogen and oxygen atoms in total. The third kappa shape index (κ3) is 4.38. The molecule has 0 spiro atoms. The van der Waals surface area contributed by atoms with Gasteiger partial charge in [-0.1, -0.05) is 6.07 Å². The Bertz CT molecular complexity index is 718. The van der Waals surface area contributed by atoms with E-state index in [2.05, 4.69) is 5.32 Å². The van der Waals surface area contributed by atoms with Gasteiger partial charge in [0.25, 0.3) is 0 Å². The van der Waals surface area contributed by atoms with Crippen LogP contribution in [0.2, 0.25) is 0 Å². The molecule has 0 atom stereocenters. The lowest BCUT2D eigenvalue weighted by Crippen LogP contribution is -2.14. The maximum absolute atomic E-state index is 13.8. The Morgan fingerprint density at radius 2 is 1.75 bits per heavy atom. The molecular formula is C18H20FNO4. The molecule has 24 heavy (non-hydrogen) atoms. The number of hydrogen-bond acceptors (Lipinski definition) is 4. The first-order valence-corrected chi connectivity index (χ1v) is 7.50. The molecular weight excluding hydrogens is 313 g/mol. The molecule has 0 heterocycles. The molecule has 2 rings (SSSR count). The highest BCUT2D eigenvalue weighted by molar-refractivity contribution is 5.92. The molecule has 6 heteroatoms. The lowest BCUT2D eigenvalue weighted by molar-refractivity contribution is -0.115. The standard InChI is InChI=1S/C18H20FNO4/c1-4-24-15-8-6-13(11-14(15)19)20-18(21)10-12-5-7-16(22-2)17(9-12)23-3/h5-9,11H,4,10H2,1-3H3,(H,20,21). The molecule has 128 valence electrons. The number of ether oxygens (including phenoxy) is 3. The molecule has 0 unspecified atom stereocenters. The Labute approximate surface area is 140 Å². The van der Waals surface area contributed by atoms with Crippen LogP contribution in [0, 0.1) is 5.82 Å². The molecule has 0 aliphatic carbocycles. The number of methoxy groups -OCH3 is 2. The van der Waals surface area contributed by atoms with E-state index >= 15 is 0 Å². The van der Waals surface area contributed by atoms with Crippen molar-refractivity contribution in [3.05, 3.63) is 47.8 Å². The Morgan fingerprint density at radius 1 is 1.04 bits per heavy atom. The zero-order valence-electron chi connectivity index (χ0n) is 13.9. The molecule has 1 amide bonds. The SMILES string of the molecule is CCOc1ccc(NC(=O)Cc2ccc(OC)c(OC)c2)cc1F. The van der Waals surface area contributed by atoms with E-state index in [1.807, 2.05) is 0 Å². The smallest absolute Gasteiger partial charge is 0.228 e. The number of amides is 1. The first-order valence-electron chi connectivity index (χ1n) is 7.50. The number of rotatable bonds is 7. The monoisotopic (exact) mass is 333 g/mol. The highest BCUT2D eigenvalue weighted by Crippen LogP contribution is 2.28. The highest BCUT2D eigenvalue weighted by atomic mass is 19.1. The molecule has 2 aromatic rings. The van der Waals surface area contributed by atoms with Crippen LogP contribution in [0.4, 0.5) is 10.1 Å². The van der Waals surface area contributed by atoms with E-state index in [1.54, 1.807) is 38.3 Å². The van der Waals surface area contributed by atoms with Gasteiger partial charge in [-0.05, 0) is 36.8 Å². The summed E-state index contributed by atoms with van der Waals surface area (Å²) in [4.78, 5) is 12.1. The molecule has 0 aliphatic heterocycles. The predicted octanol–water partition coefficient (Wildman–Crippen LogP) is 3.42. The number of benzene rings is 2. The van der Waals surface area contributed by atoms with Gasteiger partial charge < -0.3 is 19.5 Å². The maximum Gasteiger partial charge on any atom is 0.228 e. The van der Waals surface area contributed by atoms with Crippen LogP contribution >= 0.6 is 0 Å². The van der Waals surface area contributed by atoms with Crippen LogP contribution < -0.4 is 19.5 Å². The number of nitrogens with one attached hydrogen (secondary N) is 1. The number of carbonyl (C=O) groups is 1. The van der Waals surface area contributed by atoms with E-state index < -0.39 is 5.82 Å². The predicted molar refractivity (Wildman–Crippen MR) is 89.4 cm³/mol. The van der Waals surface area contributed by atoms with Gasteiger partial charge in [-0.2, -0.15) is 0 Å². The first-order chi connectivity index (χ1) is 11.6. The minimum absolute atomic E-state index is 0.134. The Morgan fingerprint density at radius 3 is 2.38 bits per heavy atom.